The summed E-state index contributed by atoms with van der Waals surface area (Å²) in [6, 6.07) is 7.76. The van der Waals surface area contributed by atoms with Crippen LogP contribution < -0.4 is 10.1 Å². The van der Waals surface area contributed by atoms with E-state index in [1.165, 1.54) is 0 Å². The van der Waals surface area contributed by atoms with Crippen LogP contribution in [0.4, 0.5) is 0 Å². The molecule has 0 aromatic heterocycles. The molecule has 1 aromatic carbocycles. The number of benzene rings is 1. The van der Waals surface area contributed by atoms with Gasteiger partial charge in [0.1, 0.15) is 12.4 Å². The summed E-state index contributed by atoms with van der Waals surface area (Å²) in [5.74, 6) is 0.877. The lowest BCUT2D eigenvalue weighted by molar-refractivity contribution is 0.279. The first-order chi connectivity index (χ1) is 7.33. The van der Waals surface area contributed by atoms with E-state index in [9.17, 15) is 0 Å². The van der Waals surface area contributed by atoms with Crippen LogP contribution in [0, 0.1) is 0 Å². The van der Waals surface area contributed by atoms with Crippen LogP contribution in [0.3, 0.4) is 0 Å². The molecule has 15 heavy (non-hydrogen) atoms. The molecule has 0 fully saturated rings. The number of ether oxygens (including phenoxy) is 1. The van der Waals surface area contributed by atoms with Gasteiger partial charge in [0.25, 0.3) is 0 Å². The molecule has 0 unspecified atom stereocenters. The van der Waals surface area contributed by atoms with E-state index in [0.29, 0.717) is 6.61 Å². The molecule has 0 saturated heterocycles. The molecule has 0 radical (unpaired) electrons. The number of hydrogen-bond donors (Lipinski definition) is 2. The largest absolute Gasteiger partial charge is 0.492 e. The predicted molar refractivity (Wildman–Crippen MR) is 64.2 cm³/mol. The van der Waals surface area contributed by atoms with Gasteiger partial charge in [0.05, 0.1) is 0 Å². The van der Waals surface area contributed by atoms with E-state index < -0.39 is 0 Å². The Kier molecular flexibility index (Phi) is 6.39. The fraction of sp³-hybridized carbons (Fsp3) is 0.455. The SMILES string of the molecule is OCCCNCCOc1ccc(Br)cc1. The van der Waals surface area contributed by atoms with Gasteiger partial charge in [-0.25, -0.2) is 0 Å². The van der Waals surface area contributed by atoms with Crippen molar-refractivity contribution in [2.75, 3.05) is 26.3 Å². The van der Waals surface area contributed by atoms with Crippen molar-refractivity contribution in [3.63, 3.8) is 0 Å². The second-order valence-corrected chi connectivity index (χ2v) is 4.05. The van der Waals surface area contributed by atoms with E-state index in [2.05, 4.69) is 21.2 Å². The highest BCUT2D eigenvalue weighted by Gasteiger charge is 1.93. The molecule has 0 aliphatic rings. The molecule has 1 aromatic rings. The molecule has 0 atom stereocenters. The van der Waals surface area contributed by atoms with Gasteiger partial charge in [-0.15, -0.1) is 0 Å². The zero-order chi connectivity index (χ0) is 10.9. The van der Waals surface area contributed by atoms with Gasteiger partial charge in [0.2, 0.25) is 0 Å². The van der Waals surface area contributed by atoms with Gasteiger partial charge < -0.3 is 15.2 Å². The standard InChI is InChI=1S/C11H16BrNO2/c12-10-2-4-11(5-3-10)15-9-7-13-6-1-8-14/h2-5,13-14H,1,6-9H2. The highest BCUT2D eigenvalue weighted by Crippen LogP contribution is 2.15. The Morgan fingerprint density at radius 3 is 2.60 bits per heavy atom. The lowest BCUT2D eigenvalue weighted by atomic mass is 10.3. The van der Waals surface area contributed by atoms with E-state index in [0.717, 1.165) is 29.7 Å². The first kappa shape index (κ1) is 12.5. The third-order valence-electron chi connectivity index (χ3n) is 1.87. The van der Waals surface area contributed by atoms with Gasteiger partial charge in [0.15, 0.2) is 0 Å². The first-order valence-electron chi connectivity index (χ1n) is 5.03. The minimum absolute atomic E-state index is 0.237. The van der Waals surface area contributed by atoms with Gasteiger partial charge in [-0.1, -0.05) is 15.9 Å². The van der Waals surface area contributed by atoms with Gasteiger partial charge in [-0.05, 0) is 37.2 Å². The number of aliphatic hydroxyl groups is 1. The summed E-state index contributed by atoms with van der Waals surface area (Å²) in [6.45, 7) is 2.52. The lowest BCUT2D eigenvalue weighted by Gasteiger charge is -2.06. The molecule has 0 aliphatic carbocycles. The molecule has 3 nitrogen and oxygen atoms in total. The highest BCUT2D eigenvalue weighted by molar-refractivity contribution is 9.10. The van der Waals surface area contributed by atoms with Crippen molar-refractivity contribution in [3.8, 4) is 5.75 Å². The van der Waals surface area contributed by atoms with E-state index >= 15 is 0 Å². The zero-order valence-electron chi connectivity index (χ0n) is 8.58. The molecule has 0 bridgehead atoms. The van der Waals surface area contributed by atoms with Crippen LogP contribution >= 0.6 is 15.9 Å². The molecular formula is C11H16BrNO2. The quantitative estimate of drug-likeness (QED) is 0.745. The average Bonchev–Trinajstić information content (AvgIpc) is 2.26. The molecule has 2 N–H and O–H groups in total. The molecular weight excluding hydrogens is 258 g/mol. The number of halogens is 1. The summed E-state index contributed by atoms with van der Waals surface area (Å²) in [7, 11) is 0. The molecule has 0 heterocycles. The Hall–Kier alpha value is -0.580. The summed E-state index contributed by atoms with van der Waals surface area (Å²) in [5.41, 5.74) is 0. The van der Waals surface area contributed by atoms with Crippen molar-refractivity contribution >= 4 is 15.9 Å². The van der Waals surface area contributed by atoms with Crippen molar-refractivity contribution in [3.05, 3.63) is 28.7 Å². The average molecular weight is 274 g/mol. The van der Waals surface area contributed by atoms with Gasteiger partial charge >= 0.3 is 0 Å². The maximum absolute atomic E-state index is 8.55. The normalized spacial score (nSPS) is 10.3. The Morgan fingerprint density at radius 2 is 1.93 bits per heavy atom. The third kappa shape index (κ3) is 5.77. The molecule has 0 saturated carbocycles. The van der Waals surface area contributed by atoms with Crippen molar-refractivity contribution in [1.82, 2.24) is 5.32 Å². The van der Waals surface area contributed by atoms with Crippen LogP contribution in [0.25, 0.3) is 0 Å². The van der Waals surface area contributed by atoms with Crippen LogP contribution in [0.15, 0.2) is 28.7 Å². The molecule has 0 amide bonds. The summed E-state index contributed by atoms with van der Waals surface area (Å²) < 4.78 is 6.55. The fourth-order valence-corrected chi connectivity index (χ4v) is 1.37. The number of rotatable bonds is 7. The monoisotopic (exact) mass is 273 g/mol. The minimum Gasteiger partial charge on any atom is -0.492 e. The first-order valence-corrected chi connectivity index (χ1v) is 5.82. The van der Waals surface area contributed by atoms with Gasteiger partial charge in [-0.3, -0.25) is 0 Å². The van der Waals surface area contributed by atoms with Crippen molar-refractivity contribution < 1.29 is 9.84 Å². The van der Waals surface area contributed by atoms with Crippen LogP contribution in [0.2, 0.25) is 0 Å². The van der Waals surface area contributed by atoms with Crippen LogP contribution in [-0.2, 0) is 0 Å². The van der Waals surface area contributed by atoms with Crippen LogP contribution in [0.1, 0.15) is 6.42 Å². The topological polar surface area (TPSA) is 41.5 Å². The van der Waals surface area contributed by atoms with Crippen molar-refractivity contribution in [1.29, 1.82) is 0 Å². The minimum atomic E-state index is 0.237. The number of aliphatic hydroxyl groups excluding tert-OH is 1. The maximum atomic E-state index is 8.55. The summed E-state index contributed by atoms with van der Waals surface area (Å²) in [4.78, 5) is 0. The predicted octanol–water partition coefficient (Wildman–Crippen LogP) is 1.80. The van der Waals surface area contributed by atoms with Crippen molar-refractivity contribution in [2.24, 2.45) is 0 Å². The molecule has 1 rings (SSSR count). The summed E-state index contributed by atoms with van der Waals surface area (Å²) in [6.07, 6.45) is 0.790. The summed E-state index contributed by atoms with van der Waals surface area (Å²) >= 11 is 3.36. The van der Waals surface area contributed by atoms with Crippen LogP contribution in [-0.4, -0.2) is 31.4 Å². The van der Waals surface area contributed by atoms with Crippen LogP contribution in [0.5, 0.6) is 5.75 Å². The Balaban J connectivity index is 2.07. The zero-order valence-corrected chi connectivity index (χ0v) is 10.2. The van der Waals surface area contributed by atoms with E-state index in [1.807, 2.05) is 24.3 Å². The van der Waals surface area contributed by atoms with Gasteiger partial charge in [-0.2, -0.15) is 0 Å². The molecule has 0 aliphatic heterocycles. The summed E-state index contributed by atoms with van der Waals surface area (Å²) in [5, 5.41) is 11.7. The Labute approximate surface area is 98.6 Å². The number of nitrogens with one attached hydrogen (secondary N) is 1. The molecule has 4 heteroatoms. The number of hydrogen-bond acceptors (Lipinski definition) is 3. The third-order valence-corrected chi connectivity index (χ3v) is 2.40. The fourth-order valence-electron chi connectivity index (χ4n) is 1.10. The van der Waals surface area contributed by atoms with E-state index in [-0.39, 0.29) is 6.61 Å². The maximum Gasteiger partial charge on any atom is 0.119 e. The van der Waals surface area contributed by atoms with E-state index in [1.54, 1.807) is 0 Å². The smallest absolute Gasteiger partial charge is 0.119 e. The lowest BCUT2D eigenvalue weighted by Crippen LogP contribution is -2.22. The molecule has 84 valence electrons. The second-order valence-electron chi connectivity index (χ2n) is 3.13. The van der Waals surface area contributed by atoms with Gasteiger partial charge in [0, 0.05) is 17.6 Å². The highest BCUT2D eigenvalue weighted by atomic mass is 79.9. The second kappa shape index (κ2) is 7.68. The Morgan fingerprint density at radius 1 is 1.20 bits per heavy atom. The Bertz CT molecular complexity index is 264. The van der Waals surface area contributed by atoms with Crippen molar-refractivity contribution in [2.45, 2.75) is 6.42 Å². The van der Waals surface area contributed by atoms with E-state index in [4.69, 9.17) is 9.84 Å². The molecule has 0 spiro atoms.